The monoisotopic (exact) mass is 358 g/mol. The lowest BCUT2D eigenvalue weighted by molar-refractivity contribution is 0.241. The summed E-state index contributed by atoms with van der Waals surface area (Å²) in [7, 11) is 0. The van der Waals surface area contributed by atoms with Crippen molar-refractivity contribution in [1.29, 1.82) is 0 Å². The van der Waals surface area contributed by atoms with Gasteiger partial charge in [0.25, 0.3) is 0 Å². The Morgan fingerprint density at radius 1 is 0.692 bits per heavy atom. The van der Waals surface area contributed by atoms with E-state index in [2.05, 4.69) is 21.3 Å². The van der Waals surface area contributed by atoms with Gasteiger partial charge in [-0.05, 0) is 12.1 Å². The summed E-state index contributed by atoms with van der Waals surface area (Å²) in [5, 5.41) is 31.1. The maximum Gasteiger partial charge on any atom is 0.314 e. The van der Waals surface area contributed by atoms with E-state index in [0.717, 1.165) is 11.1 Å². The molecule has 0 spiro atoms. The topological polar surface area (TPSA) is 106 Å². The molecule has 0 fully saturated rings. The molecule has 0 heterocycles. The van der Waals surface area contributed by atoms with Crippen LogP contribution in [0.25, 0.3) is 0 Å². The molecule has 2 rings (SSSR count). The van der Waals surface area contributed by atoms with Gasteiger partial charge < -0.3 is 31.5 Å². The predicted octanol–water partition coefficient (Wildman–Crippen LogP) is 1.28. The van der Waals surface area contributed by atoms with Crippen molar-refractivity contribution in [3.63, 3.8) is 0 Å². The maximum absolute atomic E-state index is 11.7. The highest BCUT2D eigenvalue weighted by Crippen LogP contribution is 2.15. The van der Waals surface area contributed by atoms with E-state index in [1.807, 2.05) is 24.3 Å². The molecule has 0 unspecified atom stereocenters. The highest BCUT2D eigenvalue weighted by molar-refractivity contribution is 5.73. The predicted molar refractivity (Wildman–Crippen MR) is 101 cm³/mol. The second-order valence-corrected chi connectivity index (χ2v) is 5.79. The van der Waals surface area contributed by atoms with E-state index in [0.29, 0.717) is 39.3 Å². The fourth-order valence-electron chi connectivity index (χ4n) is 2.36. The van der Waals surface area contributed by atoms with Crippen LogP contribution >= 0.6 is 0 Å². The van der Waals surface area contributed by atoms with Crippen LogP contribution in [0.15, 0.2) is 48.5 Å². The highest BCUT2D eigenvalue weighted by Gasteiger charge is 2.01. The third-order valence-electron chi connectivity index (χ3n) is 3.79. The quantitative estimate of drug-likeness (QED) is 0.359. The van der Waals surface area contributed by atoms with Gasteiger partial charge in [-0.25, -0.2) is 4.79 Å². The van der Waals surface area contributed by atoms with E-state index in [-0.39, 0.29) is 17.5 Å². The summed E-state index contributed by atoms with van der Waals surface area (Å²) in [6.07, 6.45) is 0. The van der Waals surface area contributed by atoms with Gasteiger partial charge in [-0.2, -0.15) is 0 Å². The molecule has 2 aromatic rings. The van der Waals surface area contributed by atoms with Crippen molar-refractivity contribution >= 4 is 6.03 Å². The molecule has 7 heteroatoms. The first-order valence-electron chi connectivity index (χ1n) is 8.63. The van der Waals surface area contributed by atoms with Gasteiger partial charge in [0.15, 0.2) is 0 Å². The molecule has 140 valence electrons. The molecule has 0 bridgehead atoms. The van der Waals surface area contributed by atoms with E-state index in [4.69, 9.17) is 0 Å². The lowest BCUT2D eigenvalue weighted by Crippen LogP contribution is -2.41. The van der Waals surface area contributed by atoms with Crippen molar-refractivity contribution in [2.24, 2.45) is 0 Å². The Labute approximate surface area is 153 Å². The van der Waals surface area contributed by atoms with Gasteiger partial charge in [0.05, 0.1) is 0 Å². The van der Waals surface area contributed by atoms with Crippen molar-refractivity contribution in [3.05, 3.63) is 59.7 Å². The average Bonchev–Trinajstić information content (AvgIpc) is 2.64. The number of hydrogen-bond donors (Lipinski definition) is 6. The number of aromatic hydroxyl groups is 2. The van der Waals surface area contributed by atoms with Crippen LogP contribution in [0.3, 0.4) is 0 Å². The Bertz CT molecular complexity index is 636. The molecule has 0 atom stereocenters. The minimum atomic E-state index is -0.223. The normalized spacial score (nSPS) is 10.5. The zero-order valence-electron chi connectivity index (χ0n) is 14.7. The number of carbonyl (C=O) groups is 1. The van der Waals surface area contributed by atoms with E-state index in [9.17, 15) is 15.0 Å². The zero-order chi connectivity index (χ0) is 18.6. The van der Waals surface area contributed by atoms with Crippen molar-refractivity contribution in [2.75, 3.05) is 26.2 Å². The fraction of sp³-hybridized carbons (Fsp3) is 0.316. The van der Waals surface area contributed by atoms with Gasteiger partial charge >= 0.3 is 6.03 Å². The van der Waals surface area contributed by atoms with Gasteiger partial charge in [-0.1, -0.05) is 36.4 Å². The Hall–Kier alpha value is -2.77. The molecular formula is C19H26N4O3. The zero-order valence-corrected chi connectivity index (χ0v) is 14.7. The minimum Gasteiger partial charge on any atom is -0.508 e. The summed E-state index contributed by atoms with van der Waals surface area (Å²) in [6, 6.07) is 14.1. The Kier molecular flexibility index (Phi) is 8.25. The molecule has 2 amide bonds. The van der Waals surface area contributed by atoms with Crippen LogP contribution in [0, 0.1) is 0 Å². The number of hydrogen-bond acceptors (Lipinski definition) is 5. The van der Waals surface area contributed by atoms with E-state index in [1.54, 1.807) is 24.3 Å². The third kappa shape index (κ3) is 7.00. The summed E-state index contributed by atoms with van der Waals surface area (Å²) in [5.41, 5.74) is 1.65. The molecule has 0 aromatic heterocycles. The molecule has 0 aliphatic rings. The van der Waals surface area contributed by atoms with Crippen LogP contribution in [0.2, 0.25) is 0 Å². The molecule has 7 nitrogen and oxygen atoms in total. The Morgan fingerprint density at radius 3 is 1.54 bits per heavy atom. The van der Waals surface area contributed by atoms with Gasteiger partial charge in [0.2, 0.25) is 0 Å². The number of para-hydroxylation sites is 2. The number of rotatable bonds is 10. The summed E-state index contributed by atoms with van der Waals surface area (Å²) in [5.74, 6) is 0.532. The molecule has 0 saturated heterocycles. The van der Waals surface area contributed by atoms with Crippen molar-refractivity contribution in [2.45, 2.75) is 13.1 Å². The van der Waals surface area contributed by atoms with E-state index in [1.165, 1.54) is 0 Å². The Morgan fingerprint density at radius 2 is 1.12 bits per heavy atom. The number of phenolic OH excluding ortho intramolecular Hbond substituents is 2. The molecule has 26 heavy (non-hydrogen) atoms. The van der Waals surface area contributed by atoms with Gasteiger partial charge in [0, 0.05) is 50.4 Å². The second-order valence-electron chi connectivity index (χ2n) is 5.79. The SMILES string of the molecule is O=C(NCCNCc1ccccc1O)NCCNCc1ccccc1O. The molecule has 0 aliphatic heterocycles. The summed E-state index contributed by atoms with van der Waals surface area (Å²) >= 11 is 0. The Balaban J connectivity index is 1.48. The molecule has 2 aromatic carbocycles. The van der Waals surface area contributed by atoms with Crippen LogP contribution in [0.5, 0.6) is 11.5 Å². The first-order valence-corrected chi connectivity index (χ1v) is 8.63. The molecule has 0 radical (unpaired) electrons. The van der Waals surface area contributed by atoms with Crippen molar-refractivity contribution in [1.82, 2.24) is 21.3 Å². The number of nitrogens with one attached hydrogen (secondary N) is 4. The van der Waals surface area contributed by atoms with Crippen molar-refractivity contribution in [3.8, 4) is 11.5 Å². The van der Waals surface area contributed by atoms with Crippen LogP contribution in [-0.4, -0.2) is 42.4 Å². The van der Waals surface area contributed by atoms with Gasteiger partial charge in [0.1, 0.15) is 11.5 Å². The van der Waals surface area contributed by atoms with Crippen molar-refractivity contribution < 1.29 is 15.0 Å². The fourth-order valence-corrected chi connectivity index (χ4v) is 2.36. The second kappa shape index (κ2) is 11.0. The minimum absolute atomic E-state index is 0.223. The average molecular weight is 358 g/mol. The molecule has 6 N–H and O–H groups in total. The highest BCUT2D eigenvalue weighted by atomic mass is 16.3. The first kappa shape index (κ1) is 19.6. The number of phenols is 2. The van der Waals surface area contributed by atoms with Crippen LogP contribution < -0.4 is 21.3 Å². The smallest absolute Gasteiger partial charge is 0.314 e. The standard InChI is InChI=1S/C19H26N4O3/c24-17-7-3-1-5-15(17)13-20-9-11-22-19(26)23-12-10-21-14-16-6-2-4-8-18(16)25/h1-8,20-21,24-25H,9-14H2,(H2,22,23,26). The molecule has 0 aliphatic carbocycles. The van der Waals surface area contributed by atoms with Gasteiger partial charge in [-0.3, -0.25) is 0 Å². The first-order chi connectivity index (χ1) is 12.7. The lowest BCUT2D eigenvalue weighted by Gasteiger charge is -2.10. The van der Waals surface area contributed by atoms with E-state index < -0.39 is 0 Å². The third-order valence-corrected chi connectivity index (χ3v) is 3.79. The van der Waals surface area contributed by atoms with Gasteiger partial charge in [-0.15, -0.1) is 0 Å². The number of urea groups is 1. The van der Waals surface area contributed by atoms with Crippen LogP contribution in [-0.2, 0) is 13.1 Å². The summed E-state index contributed by atoms with van der Waals surface area (Å²) in [6.45, 7) is 3.29. The molecular weight excluding hydrogens is 332 g/mol. The maximum atomic E-state index is 11.7. The number of amides is 2. The lowest BCUT2D eigenvalue weighted by atomic mass is 10.2. The number of benzene rings is 2. The number of carbonyl (C=O) groups excluding carboxylic acids is 1. The largest absolute Gasteiger partial charge is 0.508 e. The van der Waals surface area contributed by atoms with Crippen LogP contribution in [0.1, 0.15) is 11.1 Å². The van der Waals surface area contributed by atoms with Crippen LogP contribution in [0.4, 0.5) is 4.79 Å². The summed E-state index contributed by atoms with van der Waals surface area (Å²) < 4.78 is 0. The molecule has 0 saturated carbocycles. The van der Waals surface area contributed by atoms with E-state index >= 15 is 0 Å². The summed E-state index contributed by atoms with van der Waals surface area (Å²) in [4.78, 5) is 11.7.